The molecule has 0 atom stereocenters. The Bertz CT molecular complexity index is 1050. The first-order valence-electron chi connectivity index (χ1n) is 10.7. The monoisotopic (exact) mass is 411 g/mol. The van der Waals surface area contributed by atoms with Crippen LogP contribution in [0, 0.1) is 18.0 Å². The van der Waals surface area contributed by atoms with E-state index in [9.17, 15) is 8.78 Å². The molecule has 2 aliphatic rings. The van der Waals surface area contributed by atoms with Crippen molar-refractivity contribution in [3.8, 4) is 0 Å². The second-order valence-corrected chi connectivity index (χ2v) is 8.49. The quantitative estimate of drug-likeness (QED) is 0.648. The van der Waals surface area contributed by atoms with Crippen molar-refractivity contribution in [1.82, 2.24) is 19.5 Å². The number of nitrogens with one attached hydrogen (secondary N) is 1. The van der Waals surface area contributed by atoms with E-state index in [1.54, 1.807) is 0 Å². The number of hydrogen-bond acceptors (Lipinski definition) is 5. The maximum atomic E-state index is 14.3. The Balaban J connectivity index is 1.60. The number of nitrogens with two attached hydrogens (primary N) is 1. The Morgan fingerprint density at radius 3 is 2.53 bits per heavy atom. The Labute approximate surface area is 173 Å². The average Bonchev–Trinajstić information content (AvgIpc) is 3.38. The highest BCUT2D eigenvalue weighted by atomic mass is 19.1. The molecule has 0 unspecified atom stereocenters. The van der Waals surface area contributed by atoms with E-state index in [2.05, 4.69) is 26.2 Å². The number of hydrogen-bond donors (Lipinski definition) is 2. The summed E-state index contributed by atoms with van der Waals surface area (Å²) in [7, 11) is 0. The number of halogens is 2. The molecule has 30 heavy (non-hydrogen) atoms. The normalized spacial score (nSPS) is 22.6. The number of nitrogens with zero attached hydrogens (tertiary/aromatic N) is 4. The van der Waals surface area contributed by atoms with E-state index in [4.69, 9.17) is 10.7 Å². The van der Waals surface area contributed by atoms with Gasteiger partial charge in [0.05, 0.1) is 11.4 Å². The highest BCUT2D eigenvalue weighted by Crippen LogP contribution is 2.39. The van der Waals surface area contributed by atoms with Crippen LogP contribution in [0.3, 0.4) is 0 Å². The first-order chi connectivity index (χ1) is 14.6. The molecule has 2 aromatic heterocycles. The average molecular weight is 411 g/mol. The van der Waals surface area contributed by atoms with Crippen molar-refractivity contribution in [3.63, 3.8) is 0 Å². The summed E-state index contributed by atoms with van der Waals surface area (Å²) in [4.78, 5) is 13.7. The molecule has 2 saturated carbocycles. The van der Waals surface area contributed by atoms with Crippen LogP contribution in [-0.2, 0) is 0 Å². The molecule has 2 heterocycles. The molecule has 0 saturated heterocycles. The zero-order valence-corrected chi connectivity index (χ0v) is 16.7. The summed E-state index contributed by atoms with van der Waals surface area (Å²) in [5.74, 6) is -0.473. The first kappa shape index (κ1) is 19.4. The summed E-state index contributed by atoms with van der Waals surface area (Å²) < 4.78 is 29.7. The third-order valence-corrected chi connectivity index (χ3v) is 6.48. The number of rotatable bonds is 4. The molecular formula is C22H25F2N6. The van der Waals surface area contributed by atoms with Crippen molar-refractivity contribution in [2.24, 2.45) is 5.73 Å². The lowest BCUT2D eigenvalue weighted by Crippen LogP contribution is -2.26. The van der Waals surface area contributed by atoms with E-state index in [0.717, 1.165) is 74.3 Å². The Morgan fingerprint density at radius 1 is 1.03 bits per heavy atom. The van der Waals surface area contributed by atoms with Gasteiger partial charge in [0.1, 0.15) is 17.2 Å². The van der Waals surface area contributed by atoms with E-state index in [1.165, 1.54) is 12.1 Å². The molecule has 0 amide bonds. The van der Waals surface area contributed by atoms with Crippen LogP contribution >= 0.6 is 0 Å². The lowest BCUT2D eigenvalue weighted by molar-refractivity contribution is 0.391. The molecular weight excluding hydrogens is 386 g/mol. The smallest absolute Gasteiger partial charge is 0.210 e. The Kier molecular flexibility index (Phi) is 5.10. The number of benzene rings is 1. The molecule has 0 bridgehead atoms. The van der Waals surface area contributed by atoms with Gasteiger partial charge in [-0.2, -0.15) is 0 Å². The van der Waals surface area contributed by atoms with Gasteiger partial charge in [-0.15, -0.1) is 0 Å². The van der Waals surface area contributed by atoms with Crippen LogP contribution in [0.4, 0.5) is 20.4 Å². The molecule has 0 spiro atoms. The summed E-state index contributed by atoms with van der Waals surface area (Å²) in [6.45, 7) is 0. The van der Waals surface area contributed by atoms with Gasteiger partial charge >= 0.3 is 0 Å². The van der Waals surface area contributed by atoms with Gasteiger partial charge in [0.2, 0.25) is 5.95 Å². The van der Waals surface area contributed by atoms with Gasteiger partial charge in [-0.3, -0.25) is 4.57 Å². The van der Waals surface area contributed by atoms with E-state index >= 15 is 0 Å². The molecule has 5 rings (SSSR count). The molecule has 3 N–H and O–H groups in total. The topological polar surface area (TPSA) is 81.7 Å². The summed E-state index contributed by atoms with van der Waals surface area (Å²) in [6.07, 6.45) is 11.0. The molecule has 2 aliphatic carbocycles. The van der Waals surface area contributed by atoms with Crippen LogP contribution in [0.25, 0.3) is 11.2 Å². The van der Waals surface area contributed by atoms with Gasteiger partial charge in [-0.05, 0) is 50.7 Å². The molecule has 1 aromatic carbocycles. The highest BCUT2D eigenvalue weighted by molar-refractivity contribution is 5.79. The predicted octanol–water partition coefficient (Wildman–Crippen LogP) is 4.75. The predicted molar refractivity (Wildman–Crippen MR) is 110 cm³/mol. The molecule has 6 nitrogen and oxygen atoms in total. The second kappa shape index (κ2) is 7.91. The van der Waals surface area contributed by atoms with Gasteiger partial charge < -0.3 is 11.1 Å². The van der Waals surface area contributed by atoms with Gasteiger partial charge in [0, 0.05) is 24.1 Å². The maximum absolute atomic E-state index is 14.3. The Hall–Kier alpha value is -2.61. The standard InChI is InChI=1S/C22H25F2N6/c23-14-7-10-18(17(24)11-14)28-22-29-20-19(13-5-8-15(25)9-6-13)26-12-27-21(20)30(22)16-3-1-2-4-16/h7,10-11,13,15-16H,1-6,8-9,25H2,(H,28,29)/t13-,15-. The number of anilines is 2. The lowest BCUT2D eigenvalue weighted by Gasteiger charge is -2.25. The van der Waals surface area contributed by atoms with Crippen LogP contribution in [0.15, 0.2) is 18.2 Å². The zero-order valence-electron chi connectivity index (χ0n) is 16.7. The minimum absolute atomic E-state index is 0.188. The largest absolute Gasteiger partial charge is 0.328 e. The fourth-order valence-corrected chi connectivity index (χ4v) is 4.87. The van der Waals surface area contributed by atoms with Crippen molar-refractivity contribution in [1.29, 1.82) is 0 Å². The fourth-order valence-electron chi connectivity index (χ4n) is 4.87. The van der Waals surface area contributed by atoms with Gasteiger partial charge in [-0.25, -0.2) is 23.7 Å². The van der Waals surface area contributed by atoms with Crippen LogP contribution in [-0.4, -0.2) is 25.6 Å². The molecule has 3 aromatic rings. The number of aromatic nitrogens is 4. The summed E-state index contributed by atoms with van der Waals surface area (Å²) in [5.41, 5.74) is 8.63. The second-order valence-electron chi connectivity index (χ2n) is 8.49. The Morgan fingerprint density at radius 2 is 1.80 bits per heavy atom. The zero-order chi connectivity index (χ0) is 20.7. The van der Waals surface area contributed by atoms with Crippen molar-refractivity contribution >= 4 is 22.8 Å². The third kappa shape index (κ3) is 3.53. The van der Waals surface area contributed by atoms with Gasteiger partial charge in [0.25, 0.3) is 0 Å². The van der Waals surface area contributed by atoms with Crippen molar-refractivity contribution in [3.05, 3.63) is 41.9 Å². The molecule has 2 fully saturated rings. The van der Waals surface area contributed by atoms with E-state index in [1.807, 2.05) is 0 Å². The van der Waals surface area contributed by atoms with Crippen molar-refractivity contribution in [2.45, 2.75) is 69.4 Å². The lowest BCUT2D eigenvalue weighted by atomic mass is 9.84. The fraction of sp³-hybridized carbons (Fsp3) is 0.500. The van der Waals surface area contributed by atoms with Crippen LogP contribution in [0.2, 0.25) is 0 Å². The molecule has 1 radical (unpaired) electrons. The van der Waals surface area contributed by atoms with E-state index in [0.29, 0.717) is 5.95 Å². The SMILES string of the molecule is N[C@H]1CC[C@H](c2n[c]nc3c2nc(Nc2ccc(F)cc2F)n3C2CCCC2)CC1. The molecule has 8 heteroatoms. The maximum Gasteiger partial charge on any atom is 0.210 e. The third-order valence-electron chi connectivity index (χ3n) is 6.48. The molecule has 0 aliphatic heterocycles. The summed E-state index contributed by atoms with van der Waals surface area (Å²) >= 11 is 0. The molecule has 157 valence electrons. The first-order valence-corrected chi connectivity index (χ1v) is 10.7. The van der Waals surface area contributed by atoms with Crippen LogP contribution in [0.1, 0.15) is 69.0 Å². The van der Waals surface area contributed by atoms with E-state index in [-0.39, 0.29) is 23.7 Å². The van der Waals surface area contributed by atoms with Crippen LogP contribution < -0.4 is 11.1 Å². The minimum atomic E-state index is -0.654. The van der Waals surface area contributed by atoms with Gasteiger partial charge in [0.15, 0.2) is 12.0 Å². The van der Waals surface area contributed by atoms with Crippen molar-refractivity contribution in [2.75, 3.05) is 5.32 Å². The summed E-state index contributed by atoms with van der Waals surface area (Å²) in [6, 6.07) is 3.98. The van der Waals surface area contributed by atoms with Crippen LogP contribution in [0.5, 0.6) is 0 Å². The van der Waals surface area contributed by atoms with E-state index < -0.39 is 11.6 Å². The number of imidazole rings is 1. The minimum Gasteiger partial charge on any atom is -0.328 e. The summed E-state index contributed by atoms with van der Waals surface area (Å²) in [5, 5.41) is 3.08. The highest BCUT2D eigenvalue weighted by Gasteiger charge is 2.29. The van der Waals surface area contributed by atoms with Crippen molar-refractivity contribution < 1.29 is 8.78 Å². The van der Waals surface area contributed by atoms with Gasteiger partial charge in [-0.1, -0.05) is 12.8 Å². The number of fused-ring (bicyclic) bond motifs is 1.